The van der Waals surface area contributed by atoms with Gasteiger partial charge in [0.05, 0.1) is 12.2 Å². The van der Waals surface area contributed by atoms with E-state index in [9.17, 15) is 0 Å². The minimum atomic E-state index is 0. The molecule has 2 atom stereocenters. The average molecular weight is 405 g/mol. The number of halogens is 1. The van der Waals surface area contributed by atoms with Gasteiger partial charge in [0.15, 0.2) is 0 Å². The number of rotatable bonds is 12. The van der Waals surface area contributed by atoms with Crippen LogP contribution in [0.4, 0.5) is 11.4 Å². The summed E-state index contributed by atoms with van der Waals surface area (Å²) in [6, 6.07) is 16.3. The molecule has 4 heteroatoms. The first-order valence-corrected chi connectivity index (χ1v) is 10.5. The summed E-state index contributed by atoms with van der Waals surface area (Å²) in [6.07, 6.45) is 9.52. The molecule has 156 valence electrons. The topological polar surface area (TPSA) is 61.3 Å². The van der Waals surface area contributed by atoms with Crippen molar-refractivity contribution in [1.82, 2.24) is 0 Å². The quantitative estimate of drug-likeness (QED) is 0.289. The largest absolute Gasteiger partial charge is 0.399 e. The van der Waals surface area contributed by atoms with Crippen LogP contribution in [0.25, 0.3) is 0 Å². The summed E-state index contributed by atoms with van der Waals surface area (Å²) in [7, 11) is 0. The molecule has 0 bridgehead atoms. The Balaban J connectivity index is 0.00000392. The number of nitrogen functional groups attached to an aromatic ring is 2. The van der Waals surface area contributed by atoms with Crippen molar-refractivity contribution in [1.29, 1.82) is 0 Å². The van der Waals surface area contributed by atoms with Crippen molar-refractivity contribution >= 4 is 23.8 Å². The molecule has 2 rings (SSSR count). The van der Waals surface area contributed by atoms with Crippen LogP contribution < -0.4 is 11.5 Å². The Morgan fingerprint density at radius 3 is 1.32 bits per heavy atom. The first-order chi connectivity index (χ1) is 13.1. The number of ether oxygens (including phenoxy) is 1. The maximum atomic E-state index is 6.71. The normalized spacial score (nSPS) is 12.9. The van der Waals surface area contributed by atoms with E-state index >= 15 is 0 Å². The summed E-state index contributed by atoms with van der Waals surface area (Å²) >= 11 is 0. The monoisotopic (exact) mass is 404 g/mol. The Bertz CT molecular complexity index is 585. The lowest BCUT2D eigenvalue weighted by molar-refractivity contribution is -0.0263. The highest BCUT2D eigenvalue weighted by Crippen LogP contribution is 2.34. The summed E-state index contributed by atoms with van der Waals surface area (Å²) < 4.78 is 6.71. The van der Waals surface area contributed by atoms with E-state index in [0.29, 0.717) is 0 Å². The zero-order chi connectivity index (χ0) is 19.5. The van der Waals surface area contributed by atoms with Crippen molar-refractivity contribution in [3.63, 3.8) is 0 Å². The van der Waals surface area contributed by atoms with Crippen LogP contribution in [-0.4, -0.2) is 0 Å². The van der Waals surface area contributed by atoms with Gasteiger partial charge < -0.3 is 16.2 Å². The molecule has 0 amide bonds. The van der Waals surface area contributed by atoms with Crippen LogP contribution in [0.15, 0.2) is 48.5 Å². The fourth-order valence-electron chi connectivity index (χ4n) is 3.41. The second kappa shape index (κ2) is 13.5. The van der Waals surface area contributed by atoms with Crippen LogP contribution in [0, 0.1) is 0 Å². The lowest BCUT2D eigenvalue weighted by Crippen LogP contribution is -2.11. The average Bonchev–Trinajstić information content (AvgIpc) is 2.68. The lowest BCUT2D eigenvalue weighted by Gasteiger charge is -2.26. The Morgan fingerprint density at radius 1 is 0.643 bits per heavy atom. The zero-order valence-corrected chi connectivity index (χ0v) is 18.2. The number of hydrogen-bond acceptors (Lipinski definition) is 3. The maximum absolute atomic E-state index is 6.71. The summed E-state index contributed by atoms with van der Waals surface area (Å²) in [5.41, 5.74) is 15.8. The molecule has 28 heavy (non-hydrogen) atoms. The van der Waals surface area contributed by atoms with Gasteiger partial charge >= 0.3 is 0 Å². The standard InChI is InChI=1S/C24H36N2O.ClH/c1-3-5-7-9-23(19-11-15-21(25)16-12-19)27-24(10-8-6-4-2)20-13-17-22(26)18-14-20;/h11-18,23-24H,3-10,25-26H2,1-2H3;1H. The van der Waals surface area contributed by atoms with Crippen molar-refractivity contribution < 1.29 is 4.74 Å². The smallest absolute Gasteiger partial charge is 0.0833 e. The number of benzene rings is 2. The highest BCUT2D eigenvalue weighted by atomic mass is 35.5. The van der Waals surface area contributed by atoms with Crippen LogP contribution >= 0.6 is 12.4 Å². The van der Waals surface area contributed by atoms with Gasteiger partial charge in [0.1, 0.15) is 0 Å². The molecular formula is C24H37ClN2O. The van der Waals surface area contributed by atoms with E-state index < -0.39 is 0 Å². The Labute approximate surface area is 177 Å². The van der Waals surface area contributed by atoms with Gasteiger partial charge in [0.25, 0.3) is 0 Å². The Morgan fingerprint density at radius 2 is 1.00 bits per heavy atom. The first kappa shape index (κ1) is 24.3. The van der Waals surface area contributed by atoms with Crippen LogP contribution in [-0.2, 0) is 4.74 Å². The van der Waals surface area contributed by atoms with Crippen molar-refractivity contribution in [2.24, 2.45) is 0 Å². The van der Waals surface area contributed by atoms with Crippen LogP contribution in [0.1, 0.15) is 88.5 Å². The van der Waals surface area contributed by atoms with E-state index in [2.05, 4.69) is 38.1 Å². The van der Waals surface area contributed by atoms with E-state index in [1.807, 2.05) is 24.3 Å². The van der Waals surface area contributed by atoms with Crippen molar-refractivity contribution in [3.05, 3.63) is 59.7 Å². The molecule has 0 aromatic heterocycles. The minimum absolute atomic E-state index is 0. The fraction of sp³-hybridized carbons (Fsp3) is 0.500. The molecule has 0 fully saturated rings. The van der Waals surface area contributed by atoms with E-state index in [1.54, 1.807) is 0 Å². The first-order valence-electron chi connectivity index (χ1n) is 10.5. The number of unbranched alkanes of at least 4 members (excludes halogenated alkanes) is 4. The second-order valence-electron chi connectivity index (χ2n) is 7.44. The molecule has 0 saturated carbocycles. The maximum Gasteiger partial charge on any atom is 0.0833 e. The number of nitrogens with two attached hydrogens (primary N) is 2. The number of anilines is 2. The van der Waals surface area contributed by atoms with Crippen LogP contribution in [0.2, 0.25) is 0 Å². The van der Waals surface area contributed by atoms with E-state index in [4.69, 9.17) is 16.2 Å². The fourth-order valence-corrected chi connectivity index (χ4v) is 3.41. The van der Waals surface area contributed by atoms with Gasteiger partial charge in [0, 0.05) is 11.4 Å². The third-order valence-electron chi connectivity index (χ3n) is 5.08. The van der Waals surface area contributed by atoms with E-state index in [1.165, 1.54) is 49.7 Å². The van der Waals surface area contributed by atoms with E-state index in [-0.39, 0.29) is 24.6 Å². The van der Waals surface area contributed by atoms with Gasteiger partial charge in [-0.1, -0.05) is 76.6 Å². The minimum Gasteiger partial charge on any atom is -0.399 e. The summed E-state index contributed by atoms with van der Waals surface area (Å²) in [4.78, 5) is 0. The molecule has 0 saturated heterocycles. The van der Waals surface area contributed by atoms with Gasteiger partial charge in [-0.25, -0.2) is 0 Å². The van der Waals surface area contributed by atoms with Crippen LogP contribution in [0.3, 0.4) is 0 Å². The molecule has 3 nitrogen and oxygen atoms in total. The van der Waals surface area contributed by atoms with Gasteiger partial charge in [-0.15, -0.1) is 12.4 Å². The van der Waals surface area contributed by atoms with Crippen molar-refractivity contribution in [2.75, 3.05) is 11.5 Å². The Hall–Kier alpha value is -1.71. The van der Waals surface area contributed by atoms with E-state index in [0.717, 1.165) is 24.2 Å². The van der Waals surface area contributed by atoms with Gasteiger partial charge in [0.2, 0.25) is 0 Å². The molecule has 0 aliphatic carbocycles. The summed E-state index contributed by atoms with van der Waals surface area (Å²) in [6.45, 7) is 4.47. The van der Waals surface area contributed by atoms with Crippen molar-refractivity contribution in [3.8, 4) is 0 Å². The predicted molar refractivity (Wildman–Crippen MR) is 124 cm³/mol. The molecule has 2 unspecified atom stereocenters. The van der Waals surface area contributed by atoms with Crippen LogP contribution in [0.5, 0.6) is 0 Å². The number of hydrogen-bond donors (Lipinski definition) is 2. The molecule has 2 aromatic rings. The summed E-state index contributed by atoms with van der Waals surface area (Å²) in [5.74, 6) is 0. The molecule has 4 N–H and O–H groups in total. The zero-order valence-electron chi connectivity index (χ0n) is 17.4. The predicted octanol–water partition coefficient (Wildman–Crippen LogP) is 7.23. The van der Waals surface area contributed by atoms with Gasteiger partial charge in [-0.3, -0.25) is 0 Å². The van der Waals surface area contributed by atoms with Gasteiger partial charge in [-0.2, -0.15) is 0 Å². The molecule has 0 radical (unpaired) electrons. The molecular weight excluding hydrogens is 368 g/mol. The highest BCUT2D eigenvalue weighted by Gasteiger charge is 2.20. The lowest BCUT2D eigenvalue weighted by atomic mass is 9.99. The van der Waals surface area contributed by atoms with Crippen molar-refractivity contribution in [2.45, 2.75) is 77.4 Å². The summed E-state index contributed by atoms with van der Waals surface area (Å²) in [5, 5.41) is 0. The third kappa shape index (κ3) is 8.12. The molecule has 0 aliphatic rings. The second-order valence-corrected chi connectivity index (χ2v) is 7.44. The highest BCUT2D eigenvalue weighted by molar-refractivity contribution is 5.85. The molecule has 2 aromatic carbocycles. The Kier molecular flexibility index (Phi) is 11.7. The molecule has 0 spiro atoms. The molecule has 0 heterocycles. The third-order valence-corrected chi connectivity index (χ3v) is 5.08. The SMILES string of the molecule is CCCCCC(OC(CCCCC)c1ccc(N)cc1)c1ccc(N)cc1.Cl. The molecule has 0 aliphatic heterocycles. The van der Waals surface area contributed by atoms with Gasteiger partial charge in [-0.05, 0) is 48.2 Å².